The molecular formula is C22H30N2O9. The third-order valence-electron chi connectivity index (χ3n) is 4.61. The van der Waals surface area contributed by atoms with E-state index in [4.69, 9.17) is 20.1 Å². The molecule has 1 rings (SSSR count). The second kappa shape index (κ2) is 14.4. The van der Waals surface area contributed by atoms with Crippen LogP contribution in [0.3, 0.4) is 0 Å². The number of rotatable bonds is 16. The quantitative estimate of drug-likeness (QED) is 0.177. The predicted molar refractivity (Wildman–Crippen MR) is 116 cm³/mol. The minimum Gasteiger partial charge on any atom is -0.481 e. The topological polar surface area (TPSA) is 179 Å². The summed E-state index contributed by atoms with van der Waals surface area (Å²) in [6, 6.07) is 4.80. The number of carbonyl (C=O) groups excluding carboxylic acids is 2. The van der Waals surface area contributed by atoms with Gasteiger partial charge in [-0.15, -0.1) is 0 Å². The molecule has 0 aliphatic rings. The molecule has 2 amide bonds. The van der Waals surface area contributed by atoms with Gasteiger partial charge in [0.2, 0.25) is 11.8 Å². The average molecular weight is 466 g/mol. The van der Waals surface area contributed by atoms with Crippen LogP contribution >= 0.6 is 0 Å². The van der Waals surface area contributed by atoms with Crippen molar-refractivity contribution < 1.29 is 44.0 Å². The van der Waals surface area contributed by atoms with E-state index in [1.807, 2.05) is 0 Å². The Labute approximate surface area is 191 Å². The number of aliphatic carboxylic acids is 3. The molecule has 0 fully saturated rings. The molecule has 182 valence electrons. The summed E-state index contributed by atoms with van der Waals surface area (Å²) < 4.78 is 4.95. The van der Waals surface area contributed by atoms with E-state index in [0.29, 0.717) is 12.1 Å². The van der Waals surface area contributed by atoms with Crippen LogP contribution in [0.1, 0.15) is 51.0 Å². The van der Waals surface area contributed by atoms with Gasteiger partial charge in [-0.05, 0) is 24.1 Å². The summed E-state index contributed by atoms with van der Waals surface area (Å²) in [5.74, 6) is -5.39. The highest BCUT2D eigenvalue weighted by molar-refractivity contribution is 5.96. The van der Waals surface area contributed by atoms with E-state index in [-0.39, 0.29) is 25.0 Å². The zero-order chi connectivity index (χ0) is 24.8. The van der Waals surface area contributed by atoms with Gasteiger partial charge < -0.3 is 30.7 Å². The molecule has 1 aromatic rings. The van der Waals surface area contributed by atoms with E-state index in [1.165, 1.54) is 24.3 Å². The lowest BCUT2D eigenvalue weighted by Gasteiger charge is -2.19. The number of unbranched alkanes of at least 4 members (excludes halogenated alkanes) is 3. The van der Waals surface area contributed by atoms with Crippen LogP contribution in [0, 0.1) is 0 Å². The number of benzene rings is 1. The predicted octanol–water partition coefficient (Wildman–Crippen LogP) is 1.19. The highest BCUT2D eigenvalue weighted by Gasteiger charge is 2.28. The molecule has 11 nitrogen and oxygen atoms in total. The summed E-state index contributed by atoms with van der Waals surface area (Å²) in [5, 5.41) is 31.8. The molecule has 0 aliphatic carbocycles. The highest BCUT2D eigenvalue weighted by Crippen LogP contribution is 2.16. The first-order valence-corrected chi connectivity index (χ1v) is 10.6. The molecule has 5 N–H and O–H groups in total. The van der Waals surface area contributed by atoms with Gasteiger partial charge in [-0.2, -0.15) is 0 Å². The maximum absolute atomic E-state index is 12.6. The van der Waals surface area contributed by atoms with Crippen LogP contribution in [-0.2, 0) is 30.4 Å². The maximum Gasteiger partial charge on any atom is 0.356 e. The fraction of sp³-hybridized carbons (Fsp3) is 0.500. The minimum atomic E-state index is -2.06. The van der Waals surface area contributed by atoms with E-state index in [2.05, 4.69) is 17.6 Å². The Balaban J connectivity index is 2.82. The van der Waals surface area contributed by atoms with Gasteiger partial charge in [-0.1, -0.05) is 38.3 Å². The molecule has 0 radical (unpaired) electrons. The number of carboxylic acid groups (broad SMARTS) is 3. The van der Waals surface area contributed by atoms with Crippen molar-refractivity contribution in [2.75, 3.05) is 6.54 Å². The zero-order valence-electron chi connectivity index (χ0n) is 18.4. The first kappa shape index (κ1) is 27.4. The number of hydrogen-bond acceptors (Lipinski definition) is 6. The summed E-state index contributed by atoms with van der Waals surface area (Å²) in [5.41, 5.74) is 0.592. The van der Waals surface area contributed by atoms with Gasteiger partial charge in [0.15, 0.2) is 0 Å². The number of ether oxygens (including phenoxy) is 1. The van der Waals surface area contributed by atoms with Crippen LogP contribution in [0.2, 0.25) is 0 Å². The van der Waals surface area contributed by atoms with Crippen molar-refractivity contribution in [2.45, 2.75) is 64.0 Å². The van der Waals surface area contributed by atoms with Crippen LogP contribution in [0.15, 0.2) is 24.3 Å². The van der Waals surface area contributed by atoms with Gasteiger partial charge in [0, 0.05) is 19.4 Å². The van der Waals surface area contributed by atoms with E-state index in [9.17, 15) is 24.0 Å². The van der Waals surface area contributed by atoms with E-state index in [1.54, 1.807) is 0 Å². The third kappa shape index (κ3) is 11.0. The SMILES string of the molecule is CCCCCCNC(=O)C(Cc1ccc(OC(C(=O)O)C(=O)O)cc1)NC(=O)CCC(=O)O. The van der Waals surface area contributed by atoms with Gasteiger partial charge in [0.05, 0.1) is 6.42 Å². The van der Waals surface area contributed by atoms with Crippen molar-refractivity contribution in [3.63, 3.8) is 0 Å². The van der Waals surface area contributed by atoms with Gasteiger partial charge in [0.25, 0.3) is 6.10 Å². The summed E-state index contributed by atoms with van der Waals surface area (Å²) in [6.07, 6.45) is 1.24. The standard InChI is InChI=1S/C22H30N2O9/c1-2-3-4-5-12-23-20(28)16(24-17(25)10-11-18(26)27)13-14-6-8-15(9-7-14)33-19(21(29)30)22(31)32/h6-9,16,19H,2-5,10-13H2,1H3,(H,23,28)(H,24,25)(H,26,27)(H,29,30)(H,31,32). The van der Waals surface area contributed by atoms with E-state index >= 15 is 0 Å². The summed E-state index contributed by atoms with van der Waals surface area (Å²) in [7, 11) is 0. The van der Waals surface area contributed by atoms with Gasteiger partial charge in [-0.3, -0.25) is 14.4 Å². The Morgan fingerprint density at radius 3 is 2.09 bits per heavy atom. The Morgan fingerprint density at radius 1 is 0.909 bits per heavy atom. The molecule has 0 saturated heterocycles. The molecule has 1 atom stereocenters. The minimum absolute atomic E-state index is 0.0102. The molecule has 0 saturated carbocycles. The molecule has 0 bridgehead atoms. The van der Waals surface area contributed by atoms with Crippen LogP contribution in [-0.4, -0.2) is 63.7 Å². The van der Waals surface area contributed by atoms with Crippen molar-refractivity contribution in [3.05, 3.63) is 29.8 Å². The third-order valence-corrected chi connectivity index (χ3v) is 4.61. The highest BCUT2D eigenvalue weighted by atomic mass is 16.5. The summed E-state index contributed by atoms with van der Waals surface area (Å²) in [4.78, 5) is 57.3. The number of carboxylic acids is 3. The molecule has 11 heteroatoms. The zero-order valence-corrected chi connectivity index (χ0v) is 18.4. The number of carbonyl (C=O) groups is 5. The smallest absolute Gasteiger partial charge is 0.356 e. The second-order valence-corrected chi connectivity index (χ2v) is 7.39. The number of nitrogens with one attached hydrogen (secondary N) is 2. The van der Waals surface area contributed by atoms with Crippen LogP contribution in [0.25, 0.3) is 0 Å². The van der Waals surface area contributed by atoms with E-state index in [0.717, 1.165) is 25.7 Å². The molecule has 1 unspecified atom stereocenters. The van der Waals surface area contributed by atoms with Crippen molar-refractivity contribution in [1.29, 1.82) is 0 Å². The summed E-state index contributed by atoms with van der Waals surface area (Å²) in [6.45, 7) is 2.51. The van der Waals surface area contributed by atoms with Crippen molar-refractivity contribution in [3.8, 4) is 5.75 Å². The Hall–Kier alpha value is -3.63. The Kier molecular flexibility index (Phi) is 12.0. The lowest BCUT2D eigenvalue weighted by atomic mass is 10.0. The largest absolute Gasteiger partial charge is 0.481 e. The van der Waals surface area contributed by atoms with Gasteiger partial charge >= 0.3 is 17.9 Å². The number of hydrogen-bond donors (Lipinski definition) is 5. The molecular weight excluding hydrogens is 436 g/mol. The Morgan fingerprint density at radius 2 is 1.55 bits per heavy atom. The normalized spacial score (nSPS) is 11.5. The first-order valence-electron chi connectivity index (χ1n) is 10.6. The molecule has 33 heavy (non-hydrogen) atoms. The lowest BCUT2D eigenvalue weighted by Crippen LogP contribution is -2.48. The maximum atomic E-state index is 12.6. The van der Waals surface area contributed by atoms with Crippen LogP contribution in [0.5, 0.6) is 5.75 Å². The molecule has 0 heterocycles. The van der Waals surface area contributed by atoms with Crippen molar-refractivity contribution in [1.82, 2.24) is 10.6 Å². The first-order chi connectivity index (χ1) is 15.6. The molecule has 0 aliphatic heterocycles. The summed E-state index contributed by atoms with van der Waals surface area (Å²) >= 11 is 0. The Bertz CT molecular complexity index is 810. The van der Waals surface area contributed by atoms with Crippen molar-refractivity contribution in [2.24, 2.45) is 0 Å². The van der Waals surface area contributed by atoms with Crippen LogP contribution < -0.4 is 15.4 Å². The number of amides is 2. The molecule has 1 aromatic carbocycles. The molecule has 0 aromatic heterocycles. The van der Waals surface area contributed by atoms with Gasteiger partial charge in [0.1, 0.15) is 11.8 Å². The average Bonchev–Trinajstić information content (AvgIpc) is 2.75. The lowest BCUT2D eigenvalue weighted by molar-refractivity contribution is -0.159. The fourth-order valence-corrected chi connectivity index (χ4v) is 2.87. The van der Waals surface area contributed by atoms with Gasteiger partial charge in [-0.25, -0.2) is 9.59 Å². The molecule has 0 spiro atoms. The monoisotopic (exact) mass is 466 g/mol. The van der Waals surface area contributed by atoms with Crippen molar-refractivity contribution >= 4 is 29.7 Å². The van der Waals surface area contributed by atoms with E-state index < -0.39 is 41.9 Å². The van der Waals surface area contributed by atoms with Crippen LogP contribution in [0.4, 0.5) is 0 Å². The fourth-order valence-electron chi connectivity index (χ4n) is 2.87. The second-order valence-electron chi connectivity index (χ2n) is 7.39.